The number of nitrogens with one attached hydrogen (secondary N) is 1. The lowest BCUT2D eigenvalue weighted by atomic mass is 9.85. The summed E-state index contributed by atoms with van der Waals surface area (Å²) in [6.07, 6.45) is 1.93. The van der Waals surface area contributed by atoms with Crippen LogP contribution in [0, 0.1) is 12.3 Å². The van der Waals surface area contributed by atoms with E-state index in [1.165, 1.54) is 4.31 Å². The van der Waals surface area contributed by atoms with Crippen molar-refractivity contribution in [3.63, 3.8) is 0 Å². The van der Waals surface area contributed by atoms with Crippen molar-refractivity contribution >= 4 is 40.3 Å². The lowest BCUT2D eigenvalue weighted by Gasteiger charge is -2.42. The molecule has 1 aromatic carbocycles. The van der Waals surface area contributed by atoms with Crippen molar-refractivity contribution in [2.75, 3.05) is 26.7 Å². The second-order valence-corrected chi connectivity index (χ2v) is 14.7. The molecule has 3 heterocycles. The first kappa shape index (κ1) is 34.5. The van der Waals surface area contributed by atoms with E-state index in [0.717, 1.165) is 29.5 Å². The lowest BCUT2D eigenvalue weighted by molar-refractivity contribution is -0.144. The topological polar surface area (TPSA) is 163 Å². The van der Waals surface area contributed by atoms with Crippen LogP contribution in [0.3, 0.4) is 0 Å². The van der Waals surface area contributed by atoms with Gasteiger partial charge in [-0.2, -0.15) is 4.31 Å². The summed E-state index contributed by atoms with van der Waals surface area (Å²) in [5.41, 5.74) is 2.46. The van der Waals surface area contributed by atoms with E-state index in [2.05, 4.69) is 5.32 Å². The van der Waals surface area contributed by atoms with E-state index in [1.54, 1.807) is 11.9 Å². The van der Waals surface area contributed by atoms with Gasteiger partial charge in [-0.25, -0.2) is 14.0 Å². The molecule has 13 heteroatoms. The number of aryl methyl sites for hydroxylation is 1. The van der Waals surface area contributed by atoms with Crippen LogP contribution in [0.2, 0.25) is 0 Å². The maximum atomic E-state index is 13.1. The zero-order chi connectivity index (χ0) is 34.1. The molecule has 1 unspecified atom stereocenters. The number of carboxylic acid groups (broad SMARTS) is 1. The summed E-state index contributed by atoms with van der Waals surface area (Å²) >= 11 is -2.34. The molecule has 1 saturated carbocycles. The monoisotopic (exact) mass is 668 g/mol. The molecule has 12 nitrogen and oxygen atoms in total. The molecule has 5 rings (SSSR count). The first-order chi connectivity index (χ1) is 22.2. The largest absolute Gasteiger partial charge is 0.506 e. The Balaban J connectivity index is 1.37. The zero-order valence-electron chi connectivity index (χ0n) is 27.6. The van der Waals surface area contributed by atoms with E-state index in [-0.39, 0.29) is 36.5 Å². The van der Waals surface area contributed by atoms with Crippen molar-refractivity contribution in [2.45, 2.75) is 84.3 Å². The SMILES string of the molecule is CNC(=O)c1c(-c2ccc(C)cc2)oc2nc(CN(CCCC3(OC(=O)O)CCN(C(=O)C(C)(C)C)CC3)S(=O)O)c(C3CC3)cc12. The molecule has 0 spiro atoms. The predicted molar refractivity (Wildman–Crippen MR) is 177 cm³/mol. The van der Waals surface area contributed by atoms with Gasteiger partial charge in [-0.1, -0.05) is 50.6 Å². The molecular formula is C34H44N4O8S. The third-order valence-electron chi connectivity index (χ3n) is 9.07. The molecule has 2 aromatic heterocycles. The van der Waals surface area contributed by atoms with Crippen molar-refractivity contribution in [1.29, 1.82) is 0 Å². The maximum absolute atomic E-state index is 13.1. The van der Waals surface area contributed by atoms with Gasteiger partial charge < -0.3 is 24.5 Å². The van der Waals surface area contributed by atoms with Gasteiger partial charge in [0.15, 0.2) is 0 Å². The van der Waals surface area contributed by atoms with Crippen LogP contribution in [0.5, 0.6) is 0 Å². The van der Waals surface area contributed by atoms with Gasteiger partial charge >= 0.3 is 6.16 Å². The molecule has 2 fully saturated rings. The number of ether oxygens (including phenoxy) is 1. The van der Waals surface area contributed by atoms with Crippen LogP contribution < -0.4 is 5.32 Å². The molecule has 0 bridgehead atoms. The van der Waals surface area contributed by atoms with E-state index in [0.29, 0.717) is 61.2 Å². The molecule has 254 valence electrons. The minimum Gasteiger partial charge on any atom is -0.450 e. The summed E-state index contributed by atoms with van der Waals surface area (Å²) in [5.74, 6) is 0.343. The fraction of sp³-hybridized carbons (Fsp3) is 0.529. The van der Waals surface area contributed by atoms with Crippen molar-refractivity contribution in [3.8, 4) is 11.3 Å². The van der Waals surface area contributed by atoms with Crippen LogP contribution in [-0.4, -0.2) is 78.3 Å². The average Bonchev–Trinajstić information content (AvgIpc) is 3.79. The Bertz CT molecular complexity index is 1670. The molecule has 2 amide bonds. The second-order valence-electron chi connectivity index (χ2n) is 13.7. The summed E-state index contributed by atoms with van der Waals surface area (Å²) in [6, 6.07) is 9.61. The molecule has 1 aliphatic carbocycles. The molecule has 47 heavy (non-hydrogen) atoms. The van der Waals surface area contributed by atoms with Gasteiger partial charge in [0.05, 0.1) is 23.2 Å². The number of pyridine rings is 1. The Morgan fingerprint density at radius 1 is 1.17 bits per heavy atom. The third-order valence-corrected chi connectivity index (χ3v) is 9.83. The number of hydrogen-bond donors (Lipinski definition) is 3. The molecule has 1 atom stereocenters. The molecule has 1 aliphatic heterocycles. The third kappa shape index (κ3) is 7.85. The minimum atomic E-state index is -2.34. The zero-order valence-corrected chi connectivity index (χ0v) is 28.4. The summed E-state index contributed by atoms with van der Waals surface area (Å²) in [4.78, 5) is 44.1. The van der Waals surface area contributed by atoms with Gasteiger partial charge in [0.2, 0.25) is 22.9 Å². The van der Waals surface area contributed by atoms with Crippen molar-refractivity contribution in [1.82, 2.24) is 19.5 Å². The number of nitrogens with zero attached hydrogens (tertiary/aromatic N) is 3. The molecular weight excluding hydrogens is 624 g/mol. The van der Waals surface area contributed by atoms with E-state index >= 15 is 0 Å². The normalized spacial score (nSPS) is 17.1. The fourth-order valence-electron chi connectivity index (χ4n) is 6.34. The van der Waals surface area contributed by atoms with Crippen molar-refractivity contribution in [2.24, 2.45) is 5.41 Å². The van der Waals surface area contributed by atoms with E-state index in [1.807, 2.05) is 58.0 Å². The van der Waals surface area contributed by atoms with Crippen LogP contribution in [0.25, 0.3) is 22.4 Å². The highest BCUT2D eigenvalue weighted by molar-refractivity contribution is 7.76. The number of furan rings is 1. The molecule has 3 aromatic rings. The first-order valence-corrected chi connectivity index (χ1v) is 17.1. The Labute approximate surface area is 277 Å². The Morgan fingerprint density at radius 2 is 1.83 bits per heavy atom. The number of rotatable bonds is 11. The van der Waals surface area contributed by atoms with Crippen LogP contribution in [-0.2, 0) is 27.3 Å². The fourth-order valence-corrected chi connectivity index (χ4v) is 6.86. The van der Waals surface area contributed by atoms with Gasteiger partial charge in [-0.15, -0.1) is 0 Å². The molecule has 2 aliphatic rings. The van der Waals surface area contributed by atoms with Gasteiger partial charge in [0, 0.05) is 50.5 Å². The van der Waals surface area contributed by atoms with Crippen LogP contribution in [0.4, 0.5) is 4.79 Å². The van der Waals surface area contributed by atoms with Crippen LogP contribution in [0.15, 0.2) is 34.7 Å². The van der Waals surface area contributed by atoms with Gasteiger partial charge in [0.25, 0.3) is 5.91 Å². The molecule has 1 saturated heterocycles. The molecule has 3 N–H and O–H groups in total. The predicted octanol–water partition coefficient (Wildman–Crippen LogP) is 5.86. The van der Waals surface area contributed by atoms with E-state index in [9.17, 15) is 28.3 Å². The summed E-state index contributed by atoms with van der Waals surface area (Å²) in [6.45, 7) is 8.52. The first-order valence-electron chi connectivity index (χ1n) is 16.0. The number of piperidine rings is 1. The second kappa shape index (κ2) is 13.7. The van der Waals surface area contributed by atoms with Crippen molar-refractivity contribution < 1.29 is 37.4 Å². The van der Waals surface area contributed by atoms with Gasteiger partial charge in [0.1, 0.15) is 11.4 Å². The Hall–Kier alpha value is -3.81. The van der Waals surface area contributed by atoms with Crippen LogP contribution >= 0.6 is 0 Å². The summed E-state index contributed by atoms with van der Waals surface area (Å²) < 4.78 is 35.9. The Kier molecular flexibility index (Phi) is 10.1. The smallest absolute Gasteiger partial charge is 0.450 e. The van der Waals surface area contributed by atoms with Crippen LogP contribution in [0.1, 0.15) is 92.4 Å². The number of carbonyl (C=O) groups is 3. The quantitative estimate of drug-likeness (QED) is 0.168. The standard InChI is InChI=1S/C34H44N4O8S/c1-21-7-9-23(10-8-21)28-27(29(39)35-5)25-19-24(22-11-12-22)26(36-30(25)45-28)20-38(47(43)44)16-6-13-34(46-32(41)42)14-17-37(18-15-34)31(40)33(2,3)4/h7-10,19,22H,6,11-18,20H2,1-5H3,(H,35,39)(H,41,42)(H,43,44). The molecule has 0 radical (unpaired) electrons. The average molecular weight is 669 g/mol. The number of carbonyl (C=O) groups excluding carboxylic acids is 2. The number of benzene rings is 1. The highest BCUT2D eigenvalue weighted by Gasteiger charge is 2.41. The van der Waals surface area contributed by atoms with E-state index < -0.39 is 28.4 Å². The highest BCUT2D eigenvalue weighted by Crippen LogP contribution is 2.44. The Morgan fingerprint density at radius 3 is 2.38 bits per heavy atom. The summed E-state index contributed by atoms with van der Waals surface area (Å²) in [5, 5.41) is 12.8. The lowest BCUT2D eigenvalue weighted by Crippen LogP contribution is -2.51. The number of fused-ring (bicyclic) bond motifs is 1. The number of likely N-dealkylation sites (tertiary alicyclic amines) is 1. The van der Waals surface area contributed by atoms with E-state index in [4.69, 9.17) is 14.1 Å². The van der Waals surface area contributed by atoms with Gasteiger partial charge in [-0.3, -0.25) is 14.1 Å². The summed E-state index contributed by atoms with van der Waals surface area (Å²) in [7, 11) is 1.57. The maximum Gasteiger partial charge on any atom is 0.506 e. The number of amides is 2. The minimum absolute atomic E-state index is 0.00389. The van der Waals surface area contributed by atoms with Crippen molar-refractivity contribution in [3.05, 3.63) is 52.7 Å². The number of hydrogen-bond acceptors (Lipinski definition) is 7. The highest BCUT2D eigenvalue weighted by atomic mass is 32.2. The number of aromatic nitrogens is 1. The van der Waals surface area contributed by atoms with Gasteiger partial charge in [-0.05, 0) is 50.2 Å².